The summed E-state index contributed by atoms with van der Waals surface area (Å²) in [6, 6.07) is 14.8. The molecule has 25 heavy (non-hydrogen) atoms. The molecule has 4 rings (SSSR count). The van der Waals surface area contributed by atoms with Crippen LogP contribution in [0.15, 0.2) is 58.7 Å². The summed E-state index contributed by atoms with van der Waals surface area (Å²) >= 11 is 6.20. The Morgan fingerprint density at radius 2 is 1.72 bits per heavy atom. The van der Waals surface area contributed by atoms with Gasteiger partial charge in [-0.15, -0.1) is 0 Å². The number of ether oxygens (including phenoxy) is 1. The summed E-state index contributed by atoms with van der Waals surface area (Å²) in [4.78, 5) is 12.5. The van der Waals surface area contributed by atoms with E-state index < -0.39 is 0 Å². The quantitative estimate of drug-likeness (QED) is 0.545. The van der Waals surface area contributed by atoms with E-state index in [1.165, 1.54) is 0 Å². The van der Waals surface area contributed by atoms with Crippen LogP contribution in [0.25, 0.3) is 17.4 Å². The van der Waals surface area contributed by atoms with Gasteiger partial charge in [-0.2, -0.15) is 0 Å². The van der Waals surface area contributed by atoms with E-state index in [1.807, 2.05) is 56.3 Å². The van der Waals surface area contributed by atoms with Crippen LogP contribution in [-0.4, -0.2) is 5.78 Å². The first kappa shape index (κ1) is 15.7. The molecule has 2 aromatic carbocycles. The molecule has 124 valence electrons. The number of benzene rings is 2. The summed E-state index contributed by atoms with van der Waals surface area (Å²) in [5, 5.41) is 0.614. The van der Waals surface area contributed by atoms with Gasteiger partial charge in [-0.05, 0) is 61.4 Å². The Labute approximate surface area is 150 Å². The van der Waals surface area contributed by atoms with Gasteiger partial charge >= 0.3 is 0 Å². The van der Waals surface area contributed by atoms with Gasteiger partial charge in [0.25, 0.3) is 0 Å². The number of aryl methyl sites for hydroxylation is 2. The standard InChI is InChI=1S/C21H15ClO3/c1-12-9-16-19(10-13(12)2)25-20(21(16)23)11-14-7-8-18(24-14)15-5-3-4-6-17(15)22/h3-11H,1-2H3. The Hall–Kier alpha value is -2.78. The molecule has 0 N–H and O–H groups in total. The summed E-state index contributed by atoms with van der Waals surface area (Å²) in [7, 11) is 0. The van der Waals surface area contributed by atoms with E-state index in [4.69, 9.17) is 20.8 Å². The first-order valence-electron chi connectivity index (χ1n) is 7.93. The summed E-state index contributed by atoms with van der Waals surface area (Å²) in [6.07, 6.45) is 1.62. The molecule has 0 bridgehead atoms. The number of carbonyl (C=O) groups is 1. The van der Waals surface area contributed by atoms with E-state index in [2.05, 4.69) is 0 Å². The predicted molar refractivity (Wildman–Crippen MR) is 98.0 cm³/mol. The molecule has 0 spiro atoms. The highest BCUT2D eigenvalue weighted by atomic mass is 35.5. The Morgan fingerprint density at radius 3 is 2.52 bits per heavy atom. The van der Waals surface area contributed by atoms with Crippen molar-refractivity contribution in [3.8, 4) is 17.1 Å². The molecular formula is C21H15ClO3. The summed E-state index contributed by atoms with van der Waals surface area (Å²) in [6.45, 7) is 3.97. The molecule has 0 aliphatic carbocycles. The largest absolute Gasteiger partial charge is 0.457 e. The third-order valence-corrected chi connectivity index (χ3v) is 4.65. The molecule has 3 aromatic rings. The maximum absolute atomic E-state index is 12.5. The number of hydrogen-bond donors (Lipinski definition) is 0. The second-order valence-corrected chi connectivity index (χ2v) is 6.46. The van der Waals surface area contributed by atoms with E-state index >= 15 is 0 Å². The van der Waals surface area contributed by atoms with Crippen LogP contribution in [0.5, 0.6) is 5.75 Å². The smallest absolute Gasteiger partial charge is 0.232 e. The highest BCUT2D eigenvalue weighted by Gasteiger charge is 2.28. The number of ketones is 1. The summed E-state index contributed by atoms with van der Waals surface area (Å²) in [5.41, 5.74) is 3.55. The van der Waals surface area contributed by atoms with Crippen LogP contribution in [0.3, 0.4) is 0 Å². The molecular weight excluding hydrogens is 336 g/mol. The van der Waals surface area contributed by atoms with Crippen molar-refractivity contribution in [1.29, 1.82) is 0 Å². The van der Waals surface area contributed by atoms with Crippen molar-refractivity contribution in [3.05, 3.63) is 81.8 Å². The van der Waals surface area contributed by atoms with Crippen LogP contribution in [0.4, 0.5) is 0 Å². The van der Waals surface area contributed by atoms with Gasteiger partial charge in [0, 0.05) is 11.6 Å². The number of hydrogen-bond acceptors (Lipinski definition) is 3. The lowest BCUT2D eigenvalue weighted by Gasteiger charge is -2.02. The minimum atomic E-state index is -0.131. The predicted octanol–water partition coefficient (Wildman–Crippen LogP) is 5.83. The van der Waals surface area contributed by atoms with Crippen LogP contribution in [0.1, 0.15) is 27.2 Å². The maximum Gasteiger partial charge on any atom is 0.232 e. The van der Waals surface area contributed by atoms with Crippen molar-refractivity contribution in [1.82, 2.24) is 0 Å². The van der Waals surface area contributed by atoms with Gasteiger partial charge < -0.3 is 9.15 Å². The van der Waals surface area contributed by atoms with E-state index in [0.717, 1.165) is 16.7 Å². The molecule has 1 aliphatic rings. The van der Waals surface area contributed by atoms with E-state index in [0.29, 0.717) is 27.9 Å². The third-order valence-electron chi connectivity index (χ3n) is 4.32. The lowest BCUT2D eigenvalue weighted by Crippen LogP contribution is -1.97. The molecule has 0 amide bonds. The second-order valence-electron chi connectivity index (χ2n) is 6.05. The van der Waals surface area contributed by atoms with Crippen LogP contribution in [0, 0.1) is 13.8 Å². The molecule has 3 nitrogen and oxygen atoms in total. The number of Topliss-reactive ketones (excluding diaryl/α,β-unsaturated/α-hetero) is 1. The van der Waals surface area contributed by atoms with Gasteiger partial charge in [0.2, 0.25) is 5.78 Å². The molecule has 2 heterocycles. The van der Waals surface area contributed by atoms with Crippen LogP contribution in [0.2, 0.25) is 5.02 Å². The average molecular weight is 351 g/mol. The van der Waals surface area contributed by atoms with Crippen LogP contribution >= 0.6 is 11.6 Å². The summed E-state index contributed by atoms with van der Waals surface area (Å²) in [5.74, 6) is 1.91. The van der Waals surface area contributed by atoms with E-state index in [1.54, 1.807) is 12.1 Å². The Balaban J connectivity index is 1.67. The molecule has 0 radical (unpaired) electrons. The Bertz CT molecular complexity index is 1030. The molecule has 4 heteroatoms. The highest BCUT2D eigenvalue weighted by Crippen LogP contribution is 2.35. The van der Waals surface area contributed by atoms with Gasteiger partial charge in [-0.1, -0.05) is 23.7 Å². The number of furan rings is 1. The molecule has 0 fully saturated rings. The monoisotopic (exact) mass is 350 g/mol. The lowest BCUT2D eigenvalue weighted by molar-refractivity contribution is 0.101. The van der Waals surface area contributed by atoms with Crippen LogP contribution < -0.4 is 4.74 Å². The van der Waals surface area contributed by atoms with Crippen LogP contribution in [-0.2, 0) is 0 Å². The number of carbonyl (C=O) groups excluding carboxylic acids is 1. The first-order valence-corrected chi connectivity index (χ1v) is 8.31. The van der Waals surface area contributed by atoms with Gasteiger partial charge in [-0.3, -0.25) is 4.79 Å². The fraction of sp³-hybridized carbons (Fsp3) is 0.0952. The van der Waals surface area contributed by atoms with Crippen molar-refractivity contribution in [2.45, 2.75) is 13.8 Å². The fourth-order valence-corrected chi connectivity index (χ4v) is 3.04. The molecule has 0 atom stereocenters. The molecule has 0 saturated heterocycles. The van der Waals surface area contributed by atoms with Crippen molar-refractivity contribution >= 4 is 23.5 Å². The first-order chi connectivity index (χ1) is 12.0. The molecule has 0 saturated carbocycles. The van der Waals surface area contributed by atoms with Crippen molar-refractivity contribution in [2.75, 3.05) is 0 Å². The minimum Gasteiger partial charge on any atom is -0.457 e. The lowest BCUT2D eigenvalue weighted by atomic mass is 10.0. The van der Waals surface area contributed by atoms with E-state index in [9.17, 15) is 4.79 Å². The van der Waals surface area contributed by atoms with Crippen molar-refractivity contribution in [2.24, 2.45) is 0 Å². The number of rotatable bonds is 2. The van der Waals surface area contributed by atoms with Gasteiger partial charge in [0.05, 0.1) is 10.6 Å². The SMILES string of the molecule is Cc1cc2c(cc1C)C(=O)C(=Cc1ccc(-c3ccccc3Cl)o1)O2. The average Bonchev–Trinajstić information content (AvgIpc) is 3.16. The van der Waals surface area contributed by atoms with E-state index in [-0.39, 0.29) is 11.5 Å². The third kappa shape index (κ3) is 2.77. The normalized spacial score (nSPS) is 14.7. The van der Waals surface area contributed by atoms with Crippen molar-refractivity contribution in [3.63, 3.8) is 0 Å². The Morgan fingerprint density at radius 1 is 0.960 bits per heavy atom. The highest BCUT2D eigenvalue weighted by molar-refractivity contribution is 6.33. The van der Waals surface area contributed by atoms with Crippen molar-refractivity contribution < 1.29 is 13.9 Å². The van der Waals surface area contributed by atoms with Gasteiger partial charge in [-0.25, -0.2) is 0 Å². The Kier molecular flexibility index (Phi) is 3.74. The molecule has 1 aromatic heterocycles. The zero-order valence-electron chi connectivity index (χ0n) is 13.8. The zero-order chi connectivity index (χ0) is 17.6. The number of fused-ring (bicyclic) bond motifs is 1. The molecule has 0 unspecified atom stereocenters. The second kappa shape index (κ2) is 5.94. The van der Waals surface area contributed by atoms with Gasteiger partial charge in [0.15, 0.2) is 5.76 Å². The maximum atomic E-state index is 12.5. The minimum absolute atomic E-state index is 0.131. The zero-order valence-corrected chi connectivity index (χ0v) is 14.6. The topological polar surface area (TPSA) is 39.4 Å². The molecule has 1 aliphatic heterocycles. The summed E-state index contributed by atoms with van der Waals surface area (Å²) < 4.78 is 11.5. The van der Waals surface area contributed by atoms with Gasteiger partial charge in [0.1, 0.15) is 17.3 Å². The fourth-order valence-electron chi connectivity index (χ4n) is 2.81. The number of halogens is 1. The number of allylic oxidation sites excluding steroid dienone is 1.